The maximum Gasteiger partial charge on any atom is 0.416 e. The Bertz CT molecular complexity index is 1020. The van der Waals surface area contributed by atoms with Crippen molar-refractivity contribution in [1.29, 1.82) is 5.26 Å². The van der Waals surface area contributed by atoms with E-state index in [2.05, 4.69) is 15.0 Å². The fourth-order valence-corrected chi connectivity index (χ4v) is 2.86. The molecular formula is C18H6F6N4. The van der Waals surface area contributed by atoms with Gasteiger partial charge in [0, 0.05) is 22.3 Å². The predicted octanol–water partition coefficient (Wildman–Crippen LogP) is 5.03. The van der Waals surface area contributed by atoms with E-state index >= 15 is 0 Å². The van der Waals surface area contributed by atoms with E-state index in [1.54, 1.807) is 0 Å². The Labute approximate surface area is 153 Å². The number of hydrogen-bond acceptors (Lipinski definition) is 3. The Morgan fingerprint density at radius 3 is 1.68 bits per heavy atom. The predicted molar refractivity (Wildman–Crippen MR) is 86.4 cm³/mol. The molecule has 0 aliphatic heterocycles. The summed E-state index contributed by atoms with van der Waals surface area (Å²) in [5.74, 6) is 0. The van der Waals surface area contributed by atoms with Gasteiger partial charge in [-0.3, -0.25) is 0 Å². The zero-order valence-corrected chi connectivity index (χ0v) is 13.5. The number of nitrogens with zero attached hydrogens (tertiary/aromatic N) is 4. The van der Waals surface area contributed by atoms with Crippen molar-refractivity contribution in [2.45, 2.75) is 12.4 Å². The van der Waals surface area contributed by atoms with Crippen molar-refractivity contribution in [2.75, 3.05) is 0 Å². The van der Waals surface area contributed by atoms with E-state index in [-0.39, 0.29) is 33.7 Å². The highest BCUT2D eigenvalue weighted by molar-refractivity contribution is 6.32. The van der Waals surface area contributed by atoms with Crippen molar-refractivity contribution in [2.24, 2.45) is 10.1 Å². The molecule has 0 saturated heterocycles. The summed E-state index contributed by atoms with van der Waals surface area (Å²) in [6.45, 7) is 6.92. The molecule has 2 aromatic rings. The van der Waals surface area contributed by atoms with Gasteiger partial charge in [-0.05, 0) is 24.3 Å². The maximum absolute atomic E-state index is 13.1. The number of nitriles is 1. The zero-order valence-electron chi connectivity index (χ0n) is 13.5. The van der Waals surface area contributed by atoms with Crippen molar-refractivity contribution in [3.05, 3.63) is 81.3 Å². The first kappa shape index (κ1) is 19.1. The molecule has 0 bridgehead atoms. The lowest BCUT2D eigenvalue weighted by molar-refractivity contribution is -0.138. The molecule has 28 heavy (non-hydrogen) atoms. The monoisotopic (exact) mass is 392 g/mol. The summed E-state index contributed by atoms with van der Waals surface area (Å²) in [6, 6.07) is 4.90. The van der Waals surface area contributed by atoms with E-state index in [0.29, 0.717) is 0 Å². The summed E-state index contributed by atoms with van der Waals surface area (Å²) >= 11 is 0. The lowest BCUT2D eigenvalue weighted by atomic mass is 9.81. The molecule has 0 fully saturated rings. The van der Waals surface area contributed by atoms with Crippen molar-refractivity contribution < 1.29 is 26.3 Å². The molecule has 0 atom stereocenters. The summed E-state index contributed by atoms with van der Waals surface area (Å²) in [5.41, 5.74) is -2.86. The molecular weight excluding hydrogens is 386 g/mol. The minimum absolute atomic E-state index is 0.0233. The SMILES string of the molecule is [C-]#[N+]/N=C1\c2ccc(C(F)(F)F)cc2C(=NC#N)c2ccc(C(F)(F)F)cc21. The molecule has 4 nitrogen and oxygen atoms in total. The van der Waals surface area contributed by atoms with Gasteiger partial charge in [0.25, 0.3) is 0 Å². The highest BCUT2D eigenvalue weighted by atomic mass is 19.4. The van der Waals surface area contributed by atoms with Crippen LogP contribution in [0, 0.1) is 18.0 Å². The Balaban J connectivity index is 2.38. The largest absolute Gasteiger partial charge is 0.416 e. The Kier molecular flexibility index (Phi) is 4.44. The van der Waals surface area contributed by atoms with Crippen LogP contribution in [-0.2, 0) is 12.4 Å². The van der Waals surface area contributed by atoms with Gasteiger partial charge in [-0.1, -0.05) is 12.1 Å². The smallest absolute Gasteiger partial charge is 0.181 e. The number of rotatable bonds is 0. The minimum Gasteiger partial charge on any atom is -0.181 e. The molecule has 0 spiro atoms. The van der Waals surface area contributed by atoms with Crippen LogP contribution in [0.15, 0.2) is 46.5 Å². The third-order valence-corrected chi connectivity index (χ3v) is 4.03. The Morgan fingerprint density at radius 1 is 0.786 bits per heavy atom. The topological polar surface area (TPSA) is 52.9 Å². The number of alkyl halides is 6. The van der Waals surface area contributed by atoms with Gasteiger partial charge in [0.2, 0.25) is 6.19 Å². The second-order valence-electron chi connectivity index (χ2n) is 5.63. The molecule has 0 heterocycles. The number of fused-ring (bicyclic) bond motifs is 2. The van der Waals surface area contributed by atoms with E-state index in [4.69, 9.17) is 11.8 Å². The molecule has 1 aliphatic carbocycles. The third kappa shape index (κ3) is 3.21. The lowest BCUT2D eigenvalue weighted by Crippen LogP contribution is -2.24. The first-order chi connectivity index (χ1) is 13.1. The average Bonchev–Trinajstić information content (AvgIpc) is 2.62. The van der Waals surface area contributed by atoms with Gasteiger partial charge in [0.15, 0.2) is 5.71 Å². The van der Waals surface area contributed by atoms with Crippen molar-refractivity contribution in [1.82, 2.24) is 0 Å². The van der Waals surface area contributed by atoms with Crippen molar-refractivity contribution in [3.8, 4) is 6.19 Å². The maximum atomic E-state index is 13.1. The van der Waals surface area contributed by atoms with Crippen LogP contribution in [0.1, 0.15) is 33.4 Å². The summed E-state index contributed by atoms with van der Waals surface area (Å²) < 4.78 is 78.5. The minimum atomic E-state index is -4.69. The van der Waals surface area contributed by atoms with Gasteiger partial charge in [-0.25, -0.2) is 0 Å². The van der Waals surface area contributed by atoms with Gasteiger partial charge in [0.05, 0.1) is 21.9 Å². The van der Waals surface area contributed by atoms with Crippen LogP contribution in [0.25, 0.3) is 4.95 Å². The van der Waals surface area contributed by atoms with E-state index in [1.165, 1.54) is 6.19 Å². The summed E-state index contributed by atoms with van der Waals surface area (Å²) in [6.07, 6.45) is -7.93. The van der Waals surface area contributed by atoms with Crippen LogP contribution in [0.3, 0.4) is 0 Å². The van der Waals surface area contributed by atoms with Crippen LogP contribution in [-0.4, -0.2) is 11.4 Å². The standard InChI is InChI=1S/C18H6F6N4/c1-26-28-16-12-5-3-9(17(19,20)21)6-13(12)15(27-8-25)11-4-2-10(7-14(11)16)18(22,23)24/h2-7H/b27-15?,28-16+. The Morgan fingerprint density at radius 2 is 1.25 bits per heavy atom. The molecule has 0 unspecified atom stereocenters. The van der Waals surface area contributed by atoms with Crippen LogP contribution < -0.4 is 0 Å². The van der Waals surface area contributed by atoms with Crippen LogP contribution in [0.4, 0.5) is 26.3 Å². The average molecular weight is 392 g/mol. The lowest BCUT2D eigenvalue weighted by Gasteiger charge is -2.23. The number of benzene rings is 2. The zero-order chi connectivity index (χ0) is 20.7. The molecule has 0 N–H and O–H groups in total. The molecule has 2 aromatic carbocycles. The first-order valence-electron chi connectivity index (χ1n) is 7.43. The normalized spacial score (nSPS) is 16.3. The van der Waals surface area contributed by atoms with E-state index < -0.39 is 23.5 Å². The summed E-state index contributed by atoms with van der Waals surface area (Å²) in [5, 5.41) is 12.4. The number of halogens is 6. The molecule has 0 saturated carbocycles. The number of aliphatic imine (C=N–C) groups is 1. The molecule has 140 valence electrons. The third-order valence-electron chi connectivity index (χ3n) is 4.03. The fourth-order valence-electron chi connectivity index (χ4n) is 2.86. The molecule has 1 aliphatic rings. The van der Waals surface area contributed by atoms with Crippen LogP contribution >= 0.6 is 0 Å². The molecule has 0 amide bonds. The van der Waals surface area contributed by atoms with Gasteiger partial charge in [-0.15, -0.1) is 4.95 Å². The van der Waals surface area contributed by atoms with Gasteiger partial charge in [-0.2, -0.15) is 43.2 Å². The first-order valence-corrected chi connectivity index (χ1v) is 7.43. The highest BCUT2D eigenvalue weighted by Crippen LogP contribution is 2.37. The van der Waals surface area contributed by atoms with Crippen LogP contribution in [0.2, 0.25) is 0 Å². The molecule has 3 rings (SSSR count). The number of hydrogen-bond donors (Lipinski definition) is 0. The quantitative estimate of drug-likeness (QED) is 0.229. The summed E-state index contributed by atoms with van der Waals surface area (Å²) in [4.78, 5) is 6.34. The van der Waals surface area contributed by atoms with Crippen LogP contribution in [0.5, 0.6) is 0 Å². The fraction of sp³-hybridized carbons (Fsp3) is 0.111. The molecule has 0 aromatic heterocycles. The van der Waals surface area contributed by atoms with Crippen molar-refractivity contribution in [3.63, 3.8) is 0 Å². The van der Waals surface area contributed by atoms with Gasteiger partial charge < -0.3 is 0 Å². The second kappa shape index (κ2) is 6.50. The highest BCUT2D eigenvalue weighted by Gasteiger charge is 2.37. The molecule has 0 radical (unpaired) electrons. The van der Waals surface area contributed by atoms with E-state index in [1.807, 2.05) is 0 Å². The van der Waals surface area contributed by atoms with Crippen molar-refractivity contribution >= 4 is 11.4 Å². The van der Waals surface area contributed by atoms with E-state index in [9.17, 15) is 26.3 Å². The molecule has 10 heteroatoms. The second-order valence-corrected chi connectivity index (χ2v) is 5.63. The van der Waals surface area contributed by atoms with E-state index in [0.717, 1.165) is 36.4 Å². The Hall–Kier alpha value is -3.66. The van der Waals surface area contributed by atoms with Gasteiger partial charge >= 0.3 is 12.4 Å². The van der Waals surface area contributed by atoms with Gasteiger partial charge in [0.1, 0.15) is 0 Å². The summed E-state index contributed by atoms with van der Waals surface area (Å²) in [7, 11) is 0.